The van der Waals surface area contributed by atoms with E-state index in [1.165, 1.54) is 12.1 Å². The van der Waals surface area contributed by atoms with E-state index in [0.29, 0.717) is 42.7 Å². The van der Waals surface area contributed by atoms with E-state index in [-0.39, 0.29) is 12.1 Å². The Balaban J connectivity index is 1.43. The molecule has 2 N–H and O–H groups in total. The molecular weight excluding hydrogens is 421 g/mol. The van der Waals surface area contributed by atoms with Gasteiger partial charge in [-0.3, -0.25) is 0 Å². The quantitative estimate of drug-likeness (QED) is 0.709. The maximum absolute atomic E-state index is 12.7. The minimum atomic E-state index is -4.42. The molecule has 2 aromatic rings. The van der Waals surface area contributed by atoms with Gasteiger partial charge in [0.15, 0.2) is 11.5 Å². The molecule has 0 spiro atoms. The summed E-state index contributed by atoms with van der Waals surface area (Å²) < 4.78 is 49.0. The Morgan fingerprint density at radius 1 is 1.13 bits per heavy atom. The van der Waals surface area contributed by atoms with Crippen LogP contribution in [0.15, 0.2) is 36.4 Å². The summed E-state index contributed by atoms with van der Waals surface area (Å²) in [6, 6.07) is 7.85. The number of urea groups is 1. The SMILES string of the molecule is O=C(NCC#Cc1cccc(C(F)(F)F)c1)NCCc1cc(Cl)c2c(c1)OCCO2. The predicted molar refractivity (Wildman–Crippen MR) is 106 cm³/mol. The first-order valence-electron chi connectivity index (χ1n) is 9.09. The molecule has 0 fully saturated rings. The van der Waals surface area contributed by atoms with Gasteiger partial charge in [-0.2, -0.15) is 13.2 Å². The minimum Gasteiger partial charge on any atom is -0.486 e. The number of amides is 2. The van der Waals surface area contributed by atoms with Crippen molar-refractivity contribution in [1.29, 1.82) is 0 Å². The molecule has 0 bridgehead atoms. The molecule has 0 unspecified atom stereocenters. The molecule has 0 aromatic heterocycles. The molecule has 1 aliphatic heterocycles. The largest absolute Gasteiger partial charge is 0.486 e. The lowest BCUT2D eigenvalue weighted by Gasteiger charge is -2.20. The summed E-state index contributed by atoms with van der Waals surface area (Å²) in [6.45, 7) is 1.25. The van der Waals surface area contributed by atoms with E-state index in [1.54, 1.807) is 6.07 Å². The first-order chi connectivity index (χ1) is 14.3. The van der Waals surface area contributed by atoms with Gasteiger partial charge in [0.2, 0.25) is 0 Å². The lowest BCUT2D eigenvalue weighted by atomic mass is 10.1. The van der Waals surface area contributed by atoms with Gasteiger partial charge in [0.1, 0.15) is 13.2 Å². The number of nitrogens with one attached hydrogen (secondary N) is 2. The minimum absolute atomic E-state index is 0.00205. The second kappa shape index (κ2) is 9.63. The molecule has 0 aliphatic carbocycles. The van der Waals surface area contributed by atoms with Crippen molar-refractivity contribution in [2.75, 3.05) is 26.3 Å². The zero-order valence-corrected chi connectivity index (χ0v) is 16.5. The second-order valence-electron chi connectivity index (χ2n) is 6.34. The number of ether oxygens (including phenoxy) is 2. The van der Waals surface area contributed by atoms with Crippen LogP contribution < -0.4 is 20.1 Å². The van der Waals surface area contributed by atoms with Gasteiger partial charge < -0.3 is 20.1 Å². The fourth-order valence-electron chi connectivity index (χ4n) is 2.74. The van der Waals surface area contributed by atoms with Crippen LogP contribution >= 0.6 is 11.6 Å². The number of halogens is 4. The average Bonchev–Trinajstić information content (AvgIpc) is 2.71. The van der Waals surface area contributed by atoms with Crippen molar-refractivity contribution < 1.29 is 27.4 Å². The molecule has 0 radical (unpaired) electrons. The van der Waals surface area contributed by atoms with Crippen molar-refractivity contribution >= 4 is 17.6 Å². The first kappa shape index (κ1) is 21.7. The van der Waals surface area contributed by atoms with Gasteiger partial charge in [0.05, 0.1) is 17.1 Å². The third-order valence-corrected chi connectivity index (χ3v) is 4.40. The maximum Gasteiger partial charge on any atom is 0.416 e. The van der Waals surface area contributed by atoms with Gasteiger partial charge in [-0.15, -0.1) is 0 Å². The molecule has 30 heavy (non-hydrogen) atoms. The summed E-state index contributed by atoms with van der Waals surface area (Å²) in [4.78, 5) is 11.8. The van der Waals surface area contributed by atoms with Crippen LogP contribution in [0.4, 0.5) is 18.0 Å². The number of carbonyl (C=O) groups excluding carboxylic acids is 1. The van der Waals surface area contributed by atoms with E-state index in [1.807, 2.05) is 6.07 Å². The standard InChI is InChI=1S/C21H18ClF3N2O3/c22-17-12-15(13-18-19(17)30-10-9-29-18)6-8-27-20(28)26-7-2-4-14-3-1-5-16(11-14)21(23,24)25/h1,3,5,11-13H,6-10H2,(H2,26,27,28). The zero-order valence-electron chi connectivity index (χ0n) is 15.7. The number of rotatable bonds is 4. The molecule has 2 amide bonds. The third-order valence-electron chi connectivity index (χ3n) is 4.12. The fourth-order valence-corrected chi connectivity index (χ4v) is 3.02. The van der Waals surface area contributed by atoms with Crippen LogP contribution in [0.2, 0.25) is 5.02 Å². The Kier molecular flexibility index (Phi) is 6.95. The maximum atomic E-state index is 12.7. The molecule has 0 atom stereocenters. The Hall–Kier alpha value is -3.05. The van der Waals surface area contributed by atoms with Crippen molar-refractivity contribution in [2.45, 2.75) is 12.6 Å². The van der Waals surface area contributed by atoms with Gasteiger partial charge in [-0.05, 0) is 42.3 Å². The summed E-state index contributed by atoms with van der Waals surface area (Å²) in [7, 11) is 0. The monoisotopic (exact) mass is 438 g/mol. The molecule has 1 heterocycles. The molecule has 1 aliphatic rings. The summed E-state index contributed by atoms with van der Waals surface area (Å²) in [5.74, 6) is 6.33. The Bertz CT molecular complexity index is 984. The number of alkyl halides is 3. The van der Waals surface area contributed by atoms with Crippen LogP contribution in [-0.4, -0.2) is 32.3 Å². The topological polar surface area (TPSA) is 59.6 Å². The fraction of sp³-hybridized carbons (Fsp3) is 0.286. The van der Waals surface area contributed by atoms with E-state index in [9.17, 15) is 18.0 Å². The van der Waals surface area contributed by atoms with Gasteiger partial charge in [0.25, 0.3) is 0 Å². The summed E-state index contributed by atoms with van der Waals surface area (Å²) in [5, 5.41) is 5.66. The Labute approximate surface area is 176 Å². The highest BCUT2D eigenvalue weighted by molar-refractivity contribution is 6.32. The van der Waals surface area contributed by atoms with E-state index >= 15 is 0 Å². The Morgan fingerprint density at radius 2 is 1.93 bits per heavy atom. The highest BCUT2D eigenvalue weighted by Crippen LogP contribution is 2.38. The van der Waals surface area contributed by atoms with Crippen LogP contribution in [0.25, 0.3) is 0 Å². The van der Waals surface area contributed by atoms with E-state index in [0.717, 1.165) is 17.7 Å². The molecule has 3 rings (SSSR count). The highest BCUT2D eigenvalue weighted by atomic mass is 35.5. The lowest BCUT2D eigenvalue weighted by Crippen LogP contribution is -2.36. The summed E-state index contributed by atoms with van der Waals surface area (Å²) in [6.07, 6.45) is -3.89. The van der Waals surface area contributed by atoms with Gasteiger partial charge in [-0.25, -0.2) is 4.79 Å². The van der Waals surface area contributed by atoms with Crippen molar-refractivity contribution in [3.63, 3.8) is 0 Å². The molecule has 5 nitrogen and oxygen atoms in total. The van der Waals surface area contributed by atoms with Crippen LogP contribution in [-0.2, 0) is 12.6 Å². The third kappa shape index (κ3) is 5.97. The highest BCUT2D eigenvalue weighted by Gasteiger charge is 2.30. The van der Waals surface area contributed by atoms with Crippen LogP contribution in [0.3, 0.4) is 0 Å². The van der Waals surface area contributed by atoms with Gasteiger partial charge >= 0.3 is 12.2 Å². The predicted octanol–water partition coefficient (Wildman–Crippen LogP) is 4.02. The molecule has 158 valence electrons. The second-order valence-corrected chi connectivity index (χ2v) is 6.75. The van der Waals surface area contributed by atoms with Gasteiger partial charge in [-0.1, -0.05) is 29.5 Å². The van der Waals surface area contributed by atoms with Crippen LogP contribution in [0.5, 0.6) is 11.5 Å². The number of fused-ring (bicyclic) bond motifs is 1. The Morgan fingerprint density at radius 3 is 2.73 bits per heavy atom. The first-order valence-corrected chi connectivity index (χ1v) is 9.46. The number of hydrogen-bond donors (Lipinski definition) is 2. The molecule has 0 saturated heterocycles. The summed E-state index contributed by atoms with van der Waals surface area (Å²) >= 11 is 6.18. The van der Waals surface area contributed by atoms with Crippen molar-refractivity contribution in [3.05, 3.63) is 58.1 Å². The van der Waals surface area contributed by atoms with E-state index in [2.05, 4.69) is 22.5 Å². The average molecular weight is 439 g/mol. The smallest absolute Gasteiger partial charge is 0.416 e. The molecule has 2 aromatic carbocycles. The van der Waals surface area contributed by atoms with E-state index < -0.39 is 17.8 Å². The molecule has 0 saturated carbocycles. The zero-order chi connectivity index (χ0) is 21.6. The number of hydrogen-bond acceptors (Lipinski definition) is 3. The van der Waals surface area contributed by atoms with Crippen molar-refractivity contribution in [3.8, 4) is 23.3 Å². The normalized spacial score (nSPS) is 12.5. The van der Waals surface area contributed by atoms with Crippen LogP contribution in [0, 0.1) is 11.8 Å². The number of benzene rings is 2. The summed E-state index contributed by atoms with van der Waals surface area (Å²) in [5.41, 5.74) is 0.343. The lowest BCUT2D eigenvalue weighted by molar-refractivity contribution is -0.137. The van der Waals surface area contributed by atoms with Crippen LogP contribution in [0.1, 0.15) is 16.7 Å². The van der Waals surface area contributed by atoms with Crippen molar-refractivity contribution in [1.82, 2.24) is 10.6 Å². The number of carbonyl (C=O) groups is 1. The molecule has 9 heteroatoms. The van der Waals surface area contributed by atoms with E-state index in [4.69, 9.17) is 21.1 Å². The molecular formula is C21H18ClF3N2O3. The van der Waals surface area contributed by atoms with Crippen molar-refractivity contribution in [2.24, 2.45) is 0 Å². The van der Waals surface area contributed by atoms with Gasteiger partial charge in [0, 0.05) is 12.1 Å².